The largest absolute Gasteiger partial charge is 0.478 e. The molecule has 0 heterocycles. The van der Waals surface area contributed by atoms with E-state index in [4.69, 9.17) is 5.11 Å². The fourth-order valence-corrected chi connectivity index (χ4v) is 2.05. The normalized spacial score (nSPS) is 12.2. The molecule has 0 aliphatic rings. The van der Waals surface area contributed by atoms with Gasteiger partial charge in [0.2, 0.25) is 0 Å². The summed E-state index contributed by atoms with van der Waals surface area (Å²) in [7, 11) is 4.12. The van der Waals surface area contributed by atoms with Crippen molar-refractivity contribution in [1.29, 1.82) is 0 Å². The molecule has 0 unspecified atom stereocenters. The number of hydrogen-bond acceptors (Lipinski definition) is 4. The minimum atomic E-state index is -0.968. The van der Waals surface area contributed by atoms with E-state index in [1.54, 1.807) is 18.5 Å². The third-order valence-corrected chi connectivity index (χ3v) is 3.36. The van der Waals surface area contributed by atoms with Gasteiger partial charge in [0.25, 0.3) is 0 Å². The van der Waals surface area contributed by atoms with Crippen LogP contribution in [-0.4, -0.2) is 49.4 Å². The van der Waals surface area contributed by atoms with E-state index >= 15 is 0 Å². The van der Waals surface area contributed by atoms with Gasteiger partial charge in [-0.25, -0.2) is 4.79 Å². The van der Waals surface area contributed by atoms with Gasteiger partial charge in [-0.2, -0.15) is 0 Å². The van der Waals surface area contributed by atoms with Crippen molar-refractivity contribution < 1.29 is 9.90 Å². The summed E-state index contributed by atoms with van der Waals surface area (Å²) in [5.74, 6) is -0.968. The lowest BCUT2D eigenvalue weighted by atomic mass is 10.1. The topological polar surface area (TPSA) is 64.9 Å². The Morgan fingerprint density at radius 1 is 1.40 bits per heavy atom. The van der Waals surface area contributed by atoms with E-state index in [-0.39, 0.29) is 0 Å². The Morgan fingerprint density at radius 3 is 2.84 bits per heavy atom. The second-order valence-electron chi connectivity index (χ2n) is 6.00. The second kappa shape index (κ2) is 11.0. The molecule has 1 rings (SSSR count). The molecule has 0 aliphatic carbocycles. The molecule has 0 fully saturated rings. The number of carboxylic acids is 1. The minimum absolute atomic E-state index is 0.766. The smallest absolute Gasteiger partial charge is 0.328 e. The van der Waals surface area contributed by atoms with Crippen molar-refractivity contribution in [3.05, 3.63) is 59.9 Å². The number of aliphatic imine (C=N–C) groups is 1. The van der Waals surface area contributed by atoms with Gasteiger partial charge in [0, 0.05) is 30.7 Å². The molecule has 2 N–H and O–H groups in total. The average Bonchev–Trinajstić information content (AvgIpc) is 2.57. The zero-order chi connectivity index (χ0) is 18.7. The number of carboxylic acid groups (broad SMARTS) is 1. The number of carbonyl (C=O) groups is 1. The number of rotatable bonds is 10. The van der Waals surface area contributed by atoms with E-state index in [2.05, 4.69) is 35.9 Å². The third kappa shape index (κ3) is 9.27. The van der Waals surface area contributed by atoms with Crippen LogP contribution >= 0.6 is 0 Å². The molecule has 0 amide bonds. The summed E-state index contributed by atoms with van der Waals surface area (Å²) in [4.78, 5) is 17.0. The molecule has 0 radical (unpaired) electrons. The predicted octanol–water partition coefficient (Wildman–Crippen LogP) is 3.27. The van der Waals surface area contributed by atoms with Gasteiger partial charge in [-0.05, 0) is 62.8 Å². The first kappa shape index (κ1) is 20.4. The highest BCUT2D eigenvalue weighted by atomic mass is 16.4. The third-order valence-electron chi connectivity index (χ3n) is 3.36. The molecule has 5 nitrogen and oxygen atoms in total. The van der Waals surface area contributed by atoms with Crippen LogP contribution < -0.4 is 5.32 Å². The first-order valence-corrected chi connectivity index (χ1v) is 8.17. The maximum Gasteiger partial charge on any atom is 0.328 e. The lowest BCUT2D eigenvalue weighted by molar-refractivity contribution is -0.131. The first-order valence-electron chi connectivity index (χ1n) is 8.17. The van der Waals surface area contributed by atoms with Crippen molar-refractivity contribution in [1.82, 2.24) is 10.2 Å². The molecule has 0 spiro atoms. The summed E-state index contributed by atoms with van der Waals surface area (Å²) in [6.45, 7) is 7.95. The zero-order valence-electron chi connectivity index (χ0n) is 15.2. The molecule has 0 aromatic heterocycles. The molecular formula is C20H27N3O2. The zero-order valence-corrected chi connectivity index (χ0v) is 15.2. The Morgan fingerprint density at radius 2 is 2.16 bits per heavy atom. The molecule has 134 valence electrons. The van der Waals surface area contributed by atoms with Gasteiger partial charge in [0.1, 0.15) is 0 Å². The van der Waals surface area contributed by atoms with Gasteiger partial charge in [0.05, 0.1) is 0 Å². The van der Waals surface area contributed by atoms with Crippen molar-refractivity contribution >= 4 is 23.8 Å². The number of hydrogen-bond donors (Lipinski definition) is 2. The summed E-state index contributed by atoms with van der Waals surface area (Å²) in [5.41, 5.74) is 3.48. The molecule has 0 saturated carbocycles. The molecule has 0 bridgehead atoms. The summed E-state index contributed by atoms with van der Waals surface area (Å²) in [6, 6.07) is 7.50. The fraction of sp³-hybridized carbons (Fsp3) is 0.300. The number of nitrogens with one attached hydrogen (secondary N) is 1. The Kier molecular flexibility index (Phi) is 8.96. The van der Waals surface area contributed by atoms with Crippen LogP contribution in [0.2, 0.25) is 0 Å². The quantitative estimate of drug-likeness (QED) is 0.389. The highest BCUT2D eigenvalue weighted by molar-refractivity contribution is 6.09. The Labute approximate surface area is 150 Å². The van der Waals surface area contributed by atoms with Crippen LogP contribution in [0, 0.1) is 0 Å². The number of benzene rings is 1. The molecule has 0 saturated heterocycles. The highest BCUT2D eigenvalue weighted by Gasteiger charge is 1.97. The SMILES string of the molecule is C=C(C=N/C=C(\C)NCCCN(C)C)c1cccc(/C=C/C(=O)O)c1. The van der Waals surface area contributed by atoms with Crippen LogP contribution in [0.5, 0.6) is 0 Å². The second-order valence-corrected chi connectivity index (χ2v) is 6.00. The van der Waals surface area contributed by atoms with Gasteiger partial charge in [0.15, 0.2) is 0 Å². The number of aliphatic carboxylic acids is 1. The van der Waals surface area contributed by atoms with Gasteiger partial charge >= 0.3 is 5.97 Å². The predicted molar refractivity (Wildman–Crippen MR) is 106 cm³/mol. The number of nitrogens with zero attached hydrogens (tertiary/aromatic N) is 2. The molecule has 1 aromatic rings. The average molecular weight is 341 g/mol. The molecular weight excluding hydrogens is 314 g/mol. The minimum Gasteiger partial charge on any atom is -0.478 e. The van der Waals surface area contributed by atoms with E-state index in [0.717, 1.165) is 48.0 Å². The Hall–Kier alpha value is -2.66. The van der Waals surface area contributed by atoms with Gasteiger partial charge < -0.3 is 15.3 Å². The summed E-state index contributed by atoms with van der Waals surface area (Å²) in [5, 5.41) is 12.0. The van der Waals surface area contributed by atoms with Crippen molar-refractivity contribution in [2.75, 3.05) is 27.2 Å². The first-order chi connectivity index (χ1) is 11.9. The Bertz CT molecular complexity index is 673. The lowest BCUT2D eigenvalue weighted by Gasteiger charge is -2.10. The van der Waals surface area contributed by atoms with E-state index < -0.39 is 5.97 Å². The van der Waals surface area contributed by atoms with Crippen LogP contribution in [0.3, 0.4) is 0 Å². The van der Waals surface area contributed by atoms with E-state index in [1.807, 2.05) is 31.2 Å². The van der Waals surface area contributed by atoms with Gasteiger partial charge in [-0.1, -0.05) is 24.8 Å². The fourth-order valence-electron chi connectivity index (χ4n) is 2.05. The van der Waals surface area contributed by atoms with E-state index in [9.17, 15) is 4.79 Å². The molecule has 1 aromatic carbocycles. The highest BCUT2D eigenvalue weighted by Crippen LogP contribution is 2.14. The van der Waals surface area contributed by atoms with Crippen molar-refractivity contribution in [3.63, 3.8) is 0 Å². The van der Waals surface area contributed by atoms with Gasteiger partial charge in [-0.3, -0.25) is 4.99 Å². The standard InChI is InChI=1S/C20H27N3O2/c1-16(14-21-15-17(2)22-11-6-12-23(3)4)19-8-5-7-18(13-19)9-10-20(24)25/h5,7-10,13-15,22H,1,6,11-12H2,2-4H3,(H,24,25)/b10-9+,17-15+,21-14?. The lowest BCUT2D eigenvalue weighted by Crippen LogP contribution is -2.20. The van der Waals surface area contributed by atoms with Crippen molar-refractivity contribution in [2.45, 2.75) is 13.3 Å². The molecule has 25 heavy (non-hydrogen) atoms. The van der Waals surface area contributed by atoms with Crippen molar-refractivity contribution in [2.24, 2.45) is 4.99 Å². The summed E-state index contributed by atoms with van der Waals surface area (Å²) >= 11 is 0. The van der Waals surface area contributed by atoms with Crippen LogP contribution in [-0.2, 0) is 4.79 Å². The maximum atomic E-state index is 10.6. The van der Waals surface area contributed by atoms with Crippen LogP contribution in [0.1, 0.15) is 24.5 Å². The summed E-state index contributed by atoms with van der Waals surface area (Å²) < 4.78 is 0. The van der Waals surface area contributed by atoms with Crippen molar-refractivity contribution in [3.8, 4) is 0 Å². The Balaban J connectivity index is 2.57. The van der Waals surface area contributed by atoms with Crippen LogP contribution in [0.25, 0.3) is 11.6 Å². The monoisotopic (exact) mass is 341 g/mol. The van der Waals surface area contributed by atoms with Gasteiger partial charge in [-0.15, -0.1) is 0 Å². The van der Waals surface area contributed by atoms with E-state index in [0.29, 0.717) is 0 Å². The number of allylic oxidation sites excluding steroid dienone is 2. The van der Waals surface area contributed by atoms with E-state index in [1.165, 1.54) is 0 Å². The van der Waals surface area contributed by atoms with Crippen LogP contribution in [0.15, 0.2) is 53.8 Å². The molecule has 5 heteroatoms. The van der Waals surface area contributed by atoms with Crippen LogP contribution in [0.4, 0.5) is 0 Å². The molecule has 0 aliphatic heterocycles. The summed E-state index contributed by atoms with van der Waals surface area (Å²) in [6.07, 6.45) is 7.22. The molecule has 0 atom stereocenters. The maximum absolute atomic E-state index is 10.6.